The largest absolute Gasteiger partial charge is 0.328 e. The van der Waals surface area contributed by atoms with Crippen molar-refractivity contribution in [2.75, 3.05) is 11.9 Å². The van der Waals surface area contributed by atoms with E-state index in [0.29, 0.717) is 18.7 Å². The number of nitrogens with one attached hydrogen (secondary N) is 1. The van der Waals surface area contributed by atoms with E-state index >= 15 is 0 Å². The fourth-order valence-corrected chi connectivity index (χ4v) is 1.73. The second-order valence-electron chi connectivity index (χ2n) is 3.80. The van der Waals surface area contributed by atoms with Crippen molar-refractivity contribution in [3.05, 3.63) is 30.3 Å². The van der Waals surface area contributed by atoms with E-state index in [1.165, 1.54) is 4.90 Å². The quantitative estimate of drug-likeness (QED) is 0.785. The molecule has 3 amide bonds. The molecular formula is C12H14N2O2. The third-order valence-corrected chi connectivity index (χ3v) is 2.59. The molecule has 0 bridgehead atoms. The van der Waals surface area contributed by atoms with Gasteiger partial charge in [-0.15, -0.1) is 0 Å². The number of urea groups is 1. The molecule has 2 rings (SSSR count). The fraction of sp³-hybridized carbons (Fsp3) is 0.333. The molecule has 1 saturated heterocycles. The topological polar surface area (TPSA) is 49.4 Å². The zero-order chi connectivity index (χ0) is 11.4. The van der Waals surface area contributed by atoms with Crippen LogP contribution < -0.4 is 5.32 Å². The van der Waals surface area contributed by atoms with Gasteiger partial charge in [0, 0.05) is 18.7 Å². The van der Waals surface area contributed by atoms with Gasteiger partial charge in [-0.1, -0.05) is 18.2 Å². The molecule has 0 aromatic heterocycles. The van der Waals surface area contributed by atoms with Crippen molar-refractivity contribution < 1.29 is 9.59 Å². The molecule has 1 aromatic rings. The summed E-state index contributed by atoms with van der Waals surface area (Å²) in [6.45, 7) is 0.525. The molecule has 0 radical (unpaired) electrons. The lowest BCUT2D eigenvalue weighted by Crippen LogP contribution is -2.42. The van der Waals surface area contributed by atoms with E-state index in [1.807, 2.05) is 18.2 Å². The Labute approximate surface area is 94.2 Å². The van der Waals surface area contributed by atoms with Crippen molar-refractivity contribution in [2.45, 2.75) is 19.3 Å². The molecule has 1 aliphatic rings. The number of amides is 3. The van der Waals surface area contributed by atoms with Gasteiger partial charge in [0.25, 0.3) is 0 Å². The lowest BCUT2D eigenvalue weighted by atomic mass is 10.1. The van der Waals surface area contributed by atoms with Gasteiger partial charge < -0.3 is 5.32 Å². The molecule has 4 heteroatoms. The Kier molecular flexibility index (Phi) is 3.19. The van der Waals surface area contributed by atoms with Crippen LogP contribution in [0, 0.1) is 0 Å². The zero-order valence-corrected chi connectivity index (χ0v) is 8.98. The number of nitrogens with zero attached hydrogens (tertiary/aromatic N) is 1. The van der Waals surface area contributed by atoms with Gasteiger partial charge in [0.15, 0.2) is 0 Å². The predicted octanol–water partition coefficient (Wildman–Crippen LogP) is 2.23. The smallest absolute Gasteiger partial charge is 0.307 e. The van der Waals surface area contributed by atoms with E-state index in [1.54, 1.807) is 12.1 Å². The third-order valence-electron chi connectivity index (χ3n) is 2.59. The van der Waals surface area contributed by atoms with Gasteiger partial charge >= 0.3 is 6.03 Å². The van der Waals surface area contributed by atoms with Crippen LogP contribution in [0.3, 0.4) is 0 Å². The minimum absolute atomic E-state index is 0.0836. The molecule has 0 saturated carbocycles. The van der Waals surface area contributed by atoms with Crippen molar-refractivity contribution in [3.8, 4) is 0 Å². The van der Waals surface area contributed by atoms with Gasteiger partial charge in [-0.25, -0.2) is 4.79 Å². The van der Waals surface area contributed by atoms with Crippen molar-refractivity contribution in [1.29, 1.82) is 0 Å². The monoisotopic (exact) mass is 218 g/mol. The highest BCUT2D eigenvalue weighted by atomic mass is 16.2. The molecule has 1 N–H and O–H groups in total. The van der Waals surface area contributed by atoms with Crippen LogP contribution in [-0.2, 0) is 4.79 Å². The van der Waals surface area contributed by atoms with Crippen LogP contribution in [0.15, 0.2) is 30.3 Å². The highest BCUT2D eigenvalue weighted by Crippen LogP contribution is 2.13. The Morgan fingerprint density at radius 2 is 1.94 bits per heavy atom. The molecule has 1 aliphatic heterocycles. The first-order valence-corrected chi connectivity index (χ1v) is 5.44. The minimum atomic E-state index is -0.323. The van der Waals surface area contributed by atoms with Crippen LogP contribution in [0.5, 0.6) is 0 Å². The van der Waals surface area contributed by atoms with Crippen LogP contribution in [0.25, 0.3) is 0 Å². The number of anilines is 1. The molecule has 0 aliphatic carbocycles. The Balaban J connectivity index is 2.00. The second kappa shape index (κ2) is 4.79. The van der Waals surface area contributed by atoms with Gasteiger partial charge in [0.2, 0.25) is 5.91 Å². The van der Waals surface area contributed by atoms with E-state index in [9.17, 15) is 9.59 Å². The summed E-state index contributed by atoms with van der Waals surface area (Å²) in [4.78, 5) is 24.6. The van der Waals surface area contributed by atoms with Crippen LogP contribution in [-0.4, -0.2) is 23.4 Å². The number of carbonyl (C=O) groups excluding carboxylic acids is 2. The maximum Gasteiger partial charge on any atom is 0.328 e. The molecule has 4 nitrogen and oxygen atoms in total. The summed E-state index contributed by atoms with van der Waals surface area (Å²) < 4.78 is 0. The normalized spacial score (nSPS) is 16.0. The lowest BCUT2D eigenvalue weighted by Gasteiger charge is -2.24. The number of carbonyl (C=O) groups is 2. The summed E-state index contributed by atoms with van der Waals surface area (Å²) in [7, 11) is 0. The Hall–Kier alpha value is -1.84. The number of para-hydroxylation sites is 1. The number of rotatable bonds is 1. The van der Waals surface area contributed by atoms with Gasteiger partial charge in [-0.2, -0.15) is 0 Å². The molecule has 16 heavy (non-hydrogen) atoms. The molecule has 1 aromatic carbocycles. The molecule has 0 unspecified atom stereocenters. The maximum absolute atomic E-state index is 11.8. The Morgan fingerprint density at radius 1 is 1.19 bits per heavy atom. The average Bonchev–Trinajstić information content (AvgIpc) is 2.31. The van der Waals surface area contributed by atoms with E-state index in [0.717, 1.165) is 12.8 Å². The Bertz CT molecular complexity index is 389. The molecule has 0 spiro atoms. The molecular weight excluding hydrogens is 204 g/mol. The van der Waals surface area contributed by atoms with Crippen LogP contribution in [0.4, 0.5) is 10.5 Å². The van der Waals surface area contributed by atoms with Crippen molar-refractivity contribution >= 4 is 17.6 Å². The number of hydrogen-bond donors (Lipinski definition) is 1. The van der Waals surface area contributed by atoms with Crippen LogP contribution in [0.1, 0.15) is 19.3 Å². The SMILES string of the molecule is O=C1CCCCN1C(=O)Nc1ccccc1. The summed E-state index contributed by atoms with van der Waals surface area (Å²) >= 11 is 0. The molecule has 84 valence electrons. The van der Waals surface area contributed by atoms with Crippen LogP contribution >= 0.6 is 0 Å². The van der Waals surface area contributed by atoms with E-state index < -0.39 is 0 Å². The lowest BCUT2D eigenvalue weighted by molar-refractivity contribution is -0.129. The number of hydrogen-bond acceptors (Lipinski definition) is 2. The second-order valence-corrected chi connectivity index (χ2v) is 3.80. The Morgan fingerprint density at radius 3 is 2.62 bits per heavy atom. The number of likely N-dealkylation sites (tertiary alicyclic amines) is 1. The van der Waals surface area contributed by atoms with Crippen molar-refractivity contribution in [1.82, 2.24) is 4.90 Å². The molecule has 0 atom stereocenters. The number of piperidine rings is 1. The fourth-order valence-electron chi connectivity index (χ4n) is 1.73. The highest BCUT2D eigenvalue weighted by Gasteiger charge is 2.23. The first-order chi connectivity index (χ1) is 7.77. The number of imide groups is 1. The minimum Gasteiger partial charge on any atom is -0.307 e. The van der Waals surface area contributed by atoms with Gasteiger partial charge in [-0.05, 0) is 25.0 Å². The standard InChI is InChI=1S/C12H14N2O2/c15-11-8-4-5-9-14(11)12(16)13-10-6-2-1-3-7-10/h1-3,6-7H,4-5,8-9H2,(H,13,16). The van der Waals surface area contributed by atoms with E-state index in [-0.39, 0.29) is 11.9 Å². The van der Waals surface area contributed by atoms with Crippen molar-refractivity contribution in [3.63, 3.8) is 0 Å². The average molecular weight is 218 g/mol. The first kappa shape index (κ1) is 10.7. The van der Waals surface area contributed by atoms with Gasteiger partial charge in [0.05, 0.1) is 0 Å². The molecule has 1 fully saturated rings. The van der Waals surface area contributed by atoms with E-state index in [4.69, 9.17) is 0 Å². The molecule has 1 heterocycles. The summed E-state index contributed by atoms with van der Waals surface area (Å²) in [5, 5.41) is 2.71. The first-order valence-electron chi connectivity index (χ1n) is 5.44. The summed E-state index contributed by atoms with van der Waals surface area (Å²) in [5.41, 5.74) is 0.714. The van der Waals surface area contributed by atoms with Gasteiger partial charge in [0.1, 0.15) is 0 Å². The summed E-state index contributed by atoms with van der Waals surface area (Å²) in [5.74, 6) is -0.0836. The van der Waals surface area contributed by atoms with Crippen molar-refractivity contribution in [2.24, 2.45) is 0 Å². The summed E-state index contributed by atoms with van der Waals surface area (Å²) in [6.07, 6.45) is 2.25. The van der Waals surface area contributed by atoms with Gasteiger partial charge in [-0.3, -0.25) is 9.69 Å². The maximum atomic E-state index is 11.8. The highest BCUT2D eigenvalue weighted by molar-refractivity contribution is 6.01. The van der Waals surface area contributed by atoms with E-state index in [2.05, 4.69) is 5.32 Å². The number of benzene rings is 1. The van der Waals surface area contributed by atoms with Crippen LogP contribution in [0.2, 0.25) is 0 Å². The zero-order valence-electron chi connectivity index (χ0n) is 8.98. The third kappa shape index (κ3) is 2.39. The summed E-state index contributed by atoms with van der Waals surface area (Å²) in [6, 6.07) is 8.83. The predicted molar refractivity (Wildman–Crippen MR) is 61.0 cm³/mol.